The van der Waals surface area contributed by atoms with Gasteiger partial charge in [-0.05, 0) is 43.0 Å². The van der Waals surface area contributed by atoms with Crippen LogP contribution in [0.2, 0.25) is 5.02 Å². The van der Waals surface area contributed by atoms with Crippen LogP contribution in [0.15, 0.2) is 24.3 Å². The summed E-state index contributed by atoms with van der Waals surface area (Å²) in [5, 5.41) is 8.79. The van der Waals surface area contributed by atoms with Crippen molar-refractivity contribution in [2.24, 2.45) is 0 Å². The van der Waals surface area contributed by atoms with Crippen LogP contribution in [0.4, 0.5) is 10.2 Å². The maximum Gasteiger partial charge on any atom is 0.258 e. The van der Waals surface area contributed by atoms with Crippen molar-refractivity contribution in [1.82, 2.24) is 15.1 Å². The number of amides is 1. The van der Waals surface area contributed by atoms with Gasteiger partial charge >= 0.3 is 0 Å². The first-order valence-corrected chi connectivity index (χ1v) is 8.85. The number of piperazine rings is 1. The molecule has 2 aliphatic rings. The SMILES string of the molecule is O=C(c1c(F)cccc1Cl)N1CCN(c2cc3c(nn2)CCC3)CC1. The highest BCUT2D eigenvalue weighted by Crippen LogP contribution is 2.25. The van der Waals surface area contributed by atoms with Gasteiger partial charge in [0, 0.05) is 26.2 Å². The average molecular weight is 361 g/mol. The third-order valence-electron chi connectivity index (χ3n) is 4.87. The molecule has 1 aliphatic heterocycles. The number of aryl methyl sites for hydroxylation is 2. The molecular formula is C18H18ClFN4O. The van der Waals surface area contributed by atoms with E-state index in [4.69, 9.17) is 11.6 Å². The number of aromatic nitrogens is 2. The Morgan fingerprint density at radius 3 is 2.68 bits per heavy atom. The summed E-state index contributed by atoms with van der Waals surface area (Å²) in [5.74, 6) is -0.0797. The van der Waals surface area contributed by atoms with Gasteiger partial charge in [-0.25, -0.2) is 4.39 Å². The van der Waals surface area contributed by atoms with E-state index in [0.717, 1.165) is 30.8 Å². The van der Waals surface area contributed by atoms with Gasteiger partial charge in [0.1, 0.15) is 5.82 Å². The van der Waals surface area contributed by atoms with Gasteiger partial charge in [0.15, 0.2) is 5.82 Å². The van der Waals surface area contributed by atoms with Gasteiger partial charge in [0.05, 0.1) is 16.3 Å². The molecule has 1 aromatic heterocycles. The lowest BCUT2D eigenvalue weighted by atomic mass is 10.1. The van der Waals surface area contributed by atoms with E-state index in [2.05, 4.69) is 21.2 Å². The minimum atomic E-state index is -0.579. The molecule has 1 aliphatic carbocycles. The fourth-order valence-corrected chi connectivity index (χ4v) is 3.71. The molecule has 0 N–H and O–H groups in total. The first-order valence-electron chi connectivity index (χ1n) is 8.47. The molecule has 1 fully saturated rings. The monoisotopic (exact) mass is 360 g/mol. The molecule has 0 saturated carbocycles. The van der Waals surface area contributed by atoms with Gasteiger partial charge in [0.2, 0.25) is 0 Å². The summed E-state index contributed by atoms with van der Waals surface area (Å²) in [6.07, 6.45) is 3.20. The van der Waals surface area contributed by atoms with Crippen LogP contribution >= 0.6 is 11.6 Å². The smallest absolute Gasteiger partial charge is 0.258 e. The number of rotatable bonds is 2. The van der Waals surface area contributed by atoms with Gasteiger partial charge in [-0.3, -0.25) is 4.79 Å². The molecule has 4 rings (SSSR count). The van der Waals surface area contributed by atoms with Crippen LogP contribution in [-0.2, 0) is 12.8 Å². The van der Waals surface area contributed by atoms with Crippen molar-refractivity contribution in [3.05, 3.63) is 51.9 Å². The van der Waals surface area contributed by atoms with E-state index < -0.39 is 5.82 Å². The lowest BCUT2D eigenvalue weighted by molar-refractivity contribution is 0.0742. The number of fused-ring (bicyclic) bond motifs is 1. The van der Waals surface area contributed by atoms with Crippen molar-refractivity contribution in [2.75, 3.05) is 31.1 Å². The number of halogens is 2. The number of nitrogens with zero attached hydrogens (tertiary/aromatic N) is 4. The Hall–Kier alpha value is -2.21. The number of hydrogen-bond acceptors (Lipinski definition) is 4. The molecule has 0 spiro atoms. The van der Waals surface area contributed by atoms with Gasteiger partial charge < -0.3 is 9.80 Å². The van der Waals surface area contributed by atoms with Crippen LogP contribution in [0, 0.1) is 5.82 Å². The number of carbonyl (C=O) groups excluding carboxylic acids is 1. The van der Waals surface area contributed by atoms with Crippen LogP contribution in [-0.4, -0.2) is 47.2 Å². The van der Waals surface area contributed by atoms with Gasteiger partial charge in [-0.15, -0.1) is 5.10 Å². The second kappa shape index (κ2) is 6.59. The first kappa shape index (κ1) is 16.3. The lowest BCUT2D eigenvalue weighted by Gasteiger charge is -2.35. The van der Waals surface area contributed by atoms with Gasteiger partial charge in [-0.1, -0.05) is 17.7 Å². The standard InChI is InChI=1S/C18H18ClFN4O/c19-13-4-2-5-14(20)17(13)18(25)24-9-7-23(8-10-24)16-11-12-3-1-6-15(12)21-22-16/h2,4-5,11H,1,3,6-10H2. The molecule has 0 radical (unpaired) electrons. The van der Waals surface area contributed by atoms with Crippen molar-refractivity contribution < 1.29 is 9.18 Å². The molecule has 7 heteroatoms. The fraction of sp³-hybridized carbons (Fsp3) is 0.389. The summed E-state index contributed by atoms with van der Waals surface area (Å²) in [6.45, 7) is 2.29. The van der Waals surface area contributed by atoms with Crippen LogP contribution < -0.4 is 4.90 Å². The minimum absolute atomic E-state index is 0.0464. The quantitative estimate of drug-likeness (QED) is 0.826. The van der Waals surface area contributed by atoms with E-state index >= 15 is 0 Å². The first-order chi connectivity index (χ1) is 12.1. The van der Waals surface area contributed by atoms with Crippen molar-refractivity contribution in [3.63, 3.8) is 0 Å². The molecule has 130 valence electrons. The summed E-state index contributed by atoms with van der Waals surface area (Å²) in [5.41, 5.74) is 2.34. The zero-order chi connectivity index (χ0) is 17.4. The van der Waals surface area contributed by atoms with Crippen LogP contribution in [0.3, 0.4) is 0 Å². The Morgan fingerprint density at radius 2 is 1.92 bits per heavy atom. The summed E-state index contributed by atoms with van der Waals surface area (Å²) in [6, 6.07) is 6.41. The highest BCUT2D eigenvalue weighted by molar-refractivity contribution is 6.33. The molecule has 0 atom stereocenters. The Balaban J connectivity index is 1.45. The summed E-state index contributed by atoms with van der Waals surface area (Å²) < 4.78 is 14.0. The predicted molar refractivity (Wildman–Crippen MR) is 93.6 cm³/mol. The maximum absolute atomic E-state index is 14.0. The van der Waals surface area contributed by atoms with Crippen LogP contribution in [0.5, 0.6) is 0 Å². The number of carbonyl (C=O) groups is 1. The molecule has 1 amide bonds. The van der Waals surface area contributed by atoms with Crippen molar-refractivity contribution >= 4 is 23.3 Å². The van der Waals surface area contributed by atoms with E-state index in [0.29, 0.717) is 26.2 Å². The summed E-state index contributed by atoms with van der Waals surface area (Å²) >= 11 is 6.01. The molecule has 5 nitrogen and oxygen atoms in total. The van der Waals surface area contributed by atoms with E-state index in [-0.39, 0.29) is 16.5 Å². The van der Waals surface area contributed by atoms with Crippen molar-refractivity contribution in [3.8, 4) is 0 Å². The Kier molecular flexibility index (Phi) is 4.29. The average Bonchev–Trinajstić information content (AvgIpc) is 3.09. The van der Waals surface area contributed by atoms with Crippen LogP contribution in [0.25, 0.3) is 0 Å². The highest BCUT2D eigenvalue weighted by Gasteiger charge is 2.27. The minimum Gasteiger partial charge on any atom is -0.352 e. The molecule has 1 saturated heterocycles. The predicted octanol–water partition coefficient (Wildman–Crippen LogP) is 2.72. The lowest BCUT2D eigenvalue weighted by Crippen LogP contribution is -2.49. The van der Waals surface area contributed by atoms with Gasteiger partial charge in [-0.2, -0.15) is 5.10 Å². The molecule has 25 heavy (non-hydrogen) atoms. The van der Waals surface area contributed by atoms with E-state index in [1.807, 2.05) is 0 Å². The fourth-order valence-electron chi connectivity index (χ4n) is 3.47. The van der Waals surface area contributed by atoms with Crippen molar-refractivity contribution in [1.29, 1.82) is 0 Å². The number of hydrogen-bond donors (Lipinski definition) is 0. The number of anilines is 1. The van der Waals surface area contributed by atoms with E-state index in [1.165, 1.54) is 23.8 Å². The van der Waals surface area contributed by atoms with Crippen LogP contribution in [0.1, 0.15) is 28.0 Å². The summed E-state index contributed by atoms with van der Waals surface area (Å²) in [7, 11) is 0. The number of benzene rings is 1. The Labute approximate surface area is 150 Å². The topological polar surface area (TPSA) is 49.3 Å². The Bertz CT molecular complexity index is 800. The van der Waals surface area contributed by atoms with Gasteiger partial charge in [0.25, 0.3) is 5.91 Å². The summed E-state index contributed by atoms with van der Waals surface area (Å²) in [4.78, 5) is 16.4. The third kappa shape index (κ3) is 3.06. The molecule has 0 bridgehead atoms. The van der Waals surface area contributed by atoms with Crippen molar-refractivity contribution in [2.45, 2.75) is 19.3 Å². The van der Waals surface area contributed by atoms with E-state index in [1.54, 1.807) is 4.90 Å². The molecule has 0 unspecified atom stereocenters. The second-order valence-electron chi connectivity index (χ2n) is 6.40. The zero-order valence-corrected chi connectivity index (χ0v) is 14.5. The van der Waals surface area contributed by atoms with E-state index in [9.17, 15) is 9.18 Å². The highest BCUT2D eigenvalue weighted by atomic mass is 35.5. The molecule has 2 aromatic rings. The third-order valence-corrected chi connectivity index (χ3v) is 5.19. The Morgan fingerprint density at radius 1 is 1.12 bits per heavy atom. The zero-order valence-electron chi connectivity index (χ0n) is 13.7. The molecule has 1 aromatic carbocycles. The molecular weight excluding hydrogens is 343 g/mol. The normalized spacial score (nSPS) is 16.9. The maximum atomic E-state index is 14.0. The largest absolute Gasteiger partial charge is 0.352 e. The second-order valence-corrected chi connectivity index (χ2v) is 6.81. The molecule has 2 heterocycles.